The molecule has 0 bridgehead atoms. The predicted molar refractivity (Wildman–Crippen MR) is 72.4 cm³/mol. The van der Waals surface area contributed by atoms with Crippen LogP contribution in [0.1, 0.15) is 24.5 Å². The van der Waals surface area contributed by atoms with E-state index in [4.69, 9.17) is 10.00 Å². The van der Waals surface area contributed by atoms with Crippen LogP contribution in [0.15, 0.2) is 30.3 Å². The fourth-order valence-corrected chi connectivity index (χ4v) is 2.46. The summed E-state index contributed by atoms with van der Waals surface area (Å²) < 4.78 is 5.49. The molecule has 0 aromatic heterocycles. The minimum atomic E-state index is -0.475. The van der Waals surface area contributed by atoms with Gasteiger partial charge in [0.1, 0.15) is 0 Å². The van der Waals surface area contributed by atoms with Gasteiger partial charge in [0.25, 0.3) is 0 Å². The maximum absolute atomic E-state index is 10.3. The zero-order valence-corrected chi connectivity index (χ0v) is 11.0. The van der Waals surface area contributed by atoms with Crippen molar-refractivity contribution in [3.05, 3.63) is 35.9 Å². The lowest BCUT2D eigenvalue weighted by molar-refractivity contribution is -0.0251. The first-order valence-corrected chi connectivity index (χ1v) is 6.73. The SMILES string of the molecule is N#CCCN1CCOCC1CC(O)c1ccccc1. The number of ether oxygens (including phenoxy) is 1. The number of nitriles is 1. The molecule has 19 heavy (non-hydrogen) atoms. The number of hydrogen-bond donors (Lipinski definition) is 1. The van der Waals surface area contributed by atoms with Crippen LogP contribution < -0.4 is 0 Å². The second kappa shape index (κ2) is 7.25. The summed E-state index contributed by atoms with van der Waals surface area (Å²) in [7, 11) is 0. The summed E-state index contributed by atoms with van der Waals surface area (Å²) >= 11 is 0. The number of morpholine rings is 1. The van der Waals surface area contributed by atoms with Crippen molar-refractivity contribution in [3.63, 3.8) is 0 Å². The van der Waals surface area contributed by atoms with Crippen LogP contribution >= 0.6 is 0 Å². The van der Waals surface area contributed by atoms with Gasteiger partial charge in [-0.05, 0) is 12.0 Å². The smallest absolute Gasteiger partial charge is 0.0805 e. The fourth-order valence-electron chi connectivity index (χ4n) is 2.46. The third kappa shape index (κ3) is 4.03. The van der Waals surface area contributed by atoms with Gasteiger partial charge in [0.15, 0.2) is 0 Å². The van der Waals surface area contributed by atoms with Crippen molar-refractivity contribution in [1.82, 2.24) is 4.90 Å². The summed E-state index contributed by atoms with van der Waals surface area (Å²) in [5, 5.41) is 19.0. The molecule has 102 valence electrons. The van der Waals surface area contributed by atoms with Gasteiger partial charge in [0.2, 0.25) is 0 Å². The van der Waals surface area contributed by atoms with E-state index < -0.39 is 6.10 Å². The average Bonchev–Trinajstić information content (AvgIpc) is 2.47. The van der Waals surface area contributed by atoms with E-state index in [1.807, 2.05) is 30.3 Å². The monoisotopic (exact) mass is 260 g/mol. The number of rotatable bonds is 5. The van der Waals surface area contributed by atoms with E-state index in [0.717, 1.165) is 18.7 Å². The van der Waals surface area contributed by atoms with Gasteiger partial charge in [-0.3, -0.25) is 4.90 Å². The molecule has 4 nitrogen and oxygen atoms in total. The highest BCUT2D eigenvalue weighted by Crippen LogP contribution is 2.22. The summed E-state index contributed by atoms with van der Waals surface area (Å²) in [6.45, 7) is 2.94. The highest BCUT2D eigenvalue weighted by molar-refractivity contribution is 5.17. The zero-order valence-electron chi connectivity index (χ0n) is 11.0. The molecule has 1 aliphatic heterocycles. The molecule has 0 amide bonds. The topological polar surface area (TPSA) is 56.5 Å². The van der Waals surface area contributed by atoms with E-state index >= 15 is 0 Å². The summed E-state index contributed by atoms with van der Waals surface area (Å²) in [6, 6.07) is 12.1. The summed E-state index contributed by atoms with van der Waals surface area (Å²) in [5.41, 5.74) is 0.938. The van der Waals surface area contributed by atoms with Crippen molar-refractivity contribution in [3.8, 4) is 6.07 Å². The third-order valence-electron chi connectivity index (χ3n) is 3.54. The lowest BCUT2D eigenvalue weighted by atomic mass is 10.0. The van der Waals surface area contributed by atoms with Crippen LogP contribution in [0, 0.1) is 11.3 Å². The molecule has 1 aliphatic rings. The Morgan fingerprint density at radius 1 is 1.42 bits per heavy atom. The second-order valence-corrected chi connectivity index (χ2v) is 4.84. The summed E-state index contributed by atoms with van der Waals surface area (Å²) in [5.74, 6) is 0. The van der Waals surface area contributed by atoms with Crippen molar-refractivity contribution in [2.45, 2.75) is 25.0 Å². The summed E-state index contributed by atoms with van der Waals surface area (Å²) in [4.78, 5) is 2.25. The van der Waals surface area contributed by atoms with Gasteiger partial charge in [0.05, 0.1) is 25.4 Å². The van der Waals surface area contributed by atoms with Crippen molar-refractivity contribution in [2.24, 2.45) is 0 Å². The van der Waals surface area contributed by atoms with E-state index in [1.54, 1.807) is 0 Å². The van der Waals surface area contributed by atoms with Gasteiger partial charge >= 0.3 is 0 Å². The Balaban J connectivity index is 1.93. The third-order valence-corrected chi connectivity index (χ3v) is 3.54. The van der Waals surface area contributed by atoms with E-state index in [1.165, 1.54) is 0 Å². The van der Waals surface area contributed by atoms with Crippen LogP contribution in [0.25, 0.3) is 0 Å². The van der Waals surface area contributed by atoms with Crippen LogP contribution in [0.3, 0.4) is 0 Å². The van der Waals surface area contributed by atoms with Crippen LogP contribution in [-0.4, -0.2) is 42.4 Å². The summed E-state index contributed by atoms with van der Waals surface area (Å²) in [6.07, 6.45) is 0.699. The van der Waals surface area contributed by atoms with Gasteiger partial charge in [-0.15, -0.1) is 0 Å². The molecule has 1 fully saturated rings. The maximum atomic E-state index is 10.3. The predicted octanol–water partition coefficient (Wildman–Crippen LogP) is 1.72. The van der Waals surface area contributed by atoms with E-state index in [-0.39, 0.29) is 6.04 Å². The van der Waals surface area contributed by atoms with Crippen LogP contribution in [0.5, 0.6) is 0 Å². The molecule has 0 saturated carbocycles. The lowest BCUT2D eigenvalue weighted by Gasteiger charge is -2.36. The number of hydrogen-bond acceptors (Lipinski definition) is 4. The number of nitrogens with zero attached hydrogens (tertiary/aromatic N) is 2. The van der Waals surface area contributed by atoms with E-state index in [9.17, 15) is 5.11 Å². The molecular weight excluding hydrogens is 240 g/mol. The minimum Gasteiger partial charge on any atom is -0.388 e. The van der Waals surface area contributed by atoms with Crippen LogP contribution in [0.2, 0.25) is 0 Å². The molecule has 1 N–H and O–H groups in total. The fraction of sp³-hybridized carbons (Fsp3) is 0.533. The molecule has 0 radical (unpaired) electrons. The normalized spacial score (nSPS) is 21.8. The molecule has 0 spiro atoms. The molecule has 0 aliphatic carbocycles. The second-order valence-electron chi connectivity index (χ2n) is 4.84. The first-order valence-electron chi connectivity index (χ1n) is 6.73. The molecule has 4 heteroatoms. The quantitative estimate of drug-likeness (QED) is 0.876. The first kappa shape index (κ1) is 14.0. The molecule has 1 aromatic rings. The Hall–Kier alpha value is -1.41. The van der Waals surface area contributed by atoms with Gasteiger partial charge in [-0.2, -0.15) is 5.26 Å². The zero-order chi connectivity index (χ0) is 13.5. The van der Waals surface area contributed by atoms with Gasteiger partial charge in [-0.25, -0.2) is 0 Å². The number of aliphatic hydroxyl groups excluding tert-OH is 1. The van der Waals surface area contributed by atoms with E-state index in [0.29, 0.717) is 26.1 Å². The highest BCUT2D eigenvalue weighted by Gasteiger charge is 2.25. The van der Waals surface area contributed by atoms with Gasteiger partial charge < -0.3 is 9.84 Å². The molecule has 2 rings (SSSR count). The van der Waals surface area contributed by atoms with Crippen molar-refractivity contribution in [1.29, 1.82) is 5.26 Å². The molecule has 1 aromatic carbocycles. The Bertz CT molecular complexity index is 416. The van der Waals surface area contributed by atoms with Crippen molar-refractivity contribution < 1.29 is 9.84 Å². The van der Waals surface area contributed by atoms with Crippen molar-refractivity contribution in [2.75, 3.05) is 26.3 Å². The highest BCUT2D eigenvalue weighted by atomic mass is 16.5. The van der Waals surface area contributed by atoms with E-state index in [2.05, 4.69) is 11.0 Å². The Kier molecular flexibility index (Phi) is 5.34. The minimum absolute atomic E-state index is 0.192. The van der Waals surface area contributed by atoms with Gasteiger partial charge in [-0.1, -0.05) is 30.3 Å². The lowest BCUT2D eigenvalue weighted by Crippen LogP contribution is -2.46. The standard InChI is InChI=1S/C15H20N2O2/c16-7-4-8-17-9-10-19-12-14(17)11-15(18)13-5-2-1-3-6-13/h1-3,5-6,14-15,18H,4,8-12H2. The van der Waals surface area contributed by atoms with Crippen LogP contribution in [0.4, 0.5) is 0 Å². The Morgan fingerprint density at radius 2 is 2.21 bits per heavy atom. The molecular formula is C15H20N2O2. The largest absolute Gasteiger partial charge is 0.388 e. The van der Waals surface area contributed by atoms with Gasteiger partial charge in [0, 0.05) is 25.6 Å². The number of aliphatic hydroxyl groups is 1. The molecule has 2 atom stereocenters. The van der Waals surface area contributed by atoms with Crippen LogP contribution in [-0.2, 0) is 4.74 Å². The maximum Gasteiger partial charge on any atom is 0.0805 e. The molecule has 1 saturated heterocycles. The Morgan fingerprint density at radius 3 is 2.95 bits per heavy atom. The first-order chi connectivity index (χ1) is 9.31. The van der Waals surface area contributed by atoms with Crippen molar-refractivity contribution >= 4 is 0 Å². The molecule has 1 heterocycles. The average molecular weight is 260 g/mol. The molecule has 2 unspecified atom stereocenters. The number of benzene rings is 1. The Labute approximate surface area is 114 Å².